The van der Waals surface area contributed by atoms with Crippen molar-refractivity contribution in [2.24, 2.45) is 10.2 Å². The van der Waals surface area contributed by atoms with Gasteiger partial charge >= 0.3 is 0 Å². The molecule has 90 valence electrons. The molecule has 0 bridgehead atoms. The molecule has 1 fully saturated rings. The Morgan fingerprint density at radius 1 is 1.25 bits per heavy atom. The number of rotatable bonds is 2. The Hall–Kier alpha value is -0.290. The first-order valence-electron chi connectivity index (χ1n) is 5.34. The number of thioether (sulfide) groups is 2. The van der Waals surface area contributed by atoms with E-state index < -0.39 is 0 Å². The average Bonchev–Trinajstić information content (AvgIpc) is 2.17. The normalized spacial score (nSPS) is 17.9. The molecule has 1 rings (SSSR count). The molecule has 16 heavy (non-hydrogen) atoms. The van der Waals surface area contributed by atoms with Crippen LogP contribution in [0.4, 0.5) is 0 Å². The van der Waals surface area contributed by atoms with Gasteiger partial charge in [0.15, 0.2) is 5.78 Å². The van der Waals surface area contributed by atoms with Crippen molar-refractivity contribution in [3.8, 4) is 0 Å². The van der Waals surface area contributed by atoms with Gasteiger partial charge in [-0.2, -0.15) is 5.11 Å². The lowest BCUT2D eigenvalue weighted by molar-refractivity contribution is -0.113. The van der Waals surface area contributed by atoms with E-state index in [2.05, 4.69) is 10.2 Å². The molecule has 0 aromatic heterocycles. The molecular weight excluding hydrogens is 240 g/mol. The van der Waals surface area contributed by atoms with Crippen LogP contribution in [0.25, 0.3) is 0 Å². The molecule has 0 unspecified atom stereocenters. The van der Waals surface area contributed by atoms with Gasteiger partial charge in [-0.05, 0) is 38.7 Å². The zero-order chi connectivity index (χ0) is 12.2. The molecule has 1 saturated heterocycles. The van der Waals surface area contributed by atoms with Crippen LogP contribution in [-0.4, -0.2) is 22.8 Å². The quantitative estimate of drug-likeness (QED) is 0.558. The maximum atomic E-state index is 11.5. The molecule has 5 heteroatoms. The molecule has 3 nitrogen and oxygen atoms in total. The summed E-state index contributed by atoms with van der Waals surface area (Å²) in [7, 11) is 0. The first-order valence-corrected chi connectivity index (χ1v) is 7.31. The van der Waals surface area contributed by atoms with Crippen LogP contribution in [-0.2, 0) is 4.79 Å². The fraction of sp³-hybridized carbons (Fsp3) is 0.727. The first-order chi connectivity index (χ1) is 7.40. The van der Waals surface area contributed by atoms with Crippen molar-refractivity contribution in [1.82, 2.24) is 0 Å². The second kappa shape index (κ2) is 5.87. The lowest BCUT2D eigenvalue weighted by Crippen LogP contribution is -2.09. The molecule has 1 aliphatic rings. The van der Waals surface area contributed by atoms with E-state index in [-0.39, 0.29) is 11.3 Å². The molecule has 0 radical (unpaired) electrons. The summed E-state index contributed by atoms with van der Waals surface area (Å²) in [5, 5.41) is 8.30. The highest BCUT2D eigenvalue weighted by atomic mass is 32.2. The topological polar surface area (TPSA) is 41.8 Å². The van der Waals surface area contributed by atoms with Gasteiger partial charge in [-0.1, -0.05) is 0 Å². The molecule has 0 atom stereocenters. The van der Waals surface area contributed by atoms with E-state index in [0.717, 1.165) is 15.7 Å². The first kappa shape index (κ1) is 13.8. The second-order valence-corrected chi connectivity index (χ2v) is 7.08. The van der Waals surface area contributed by atoms with Crippen molar-refractivity contribution < 1.29 is 4.79 Å². The molecule has 0 aliphatic carbocycles. The Labute approximate surface area is 106 Å². The highest BCUT2D eigenvalue weighted by molar-refractivity contribution is 8.22. The third-order valence-electron chi connectivity index (χ3n) is 1.73. The van der Waals surface area contributed by atoms with Crippen LogP contribution < -0.4 is 0 Å². The summed E-state index contributed by atoms with van der Waals surface area (Å²) < 4.78 is 1.03. The molecule has 0 aromatic carbocycles. The highest BCUT2D eigenvalue weighted by Crippen LogP contribution is 2.37. The fourth-order valence-corrected chi connectivity index (χ4v) is 3.63. The largest absolute Gasteiger partial charge is 0.293 e. The van der Waals surface area contributed by atoms with E-state index in [4.69, 9.17) is 0 Å². The predicted octanol–water partition coefficient (Wildman–Crippen LogP) is 3.87. The lowest BCUT2D eigenvalue weighted by Gasteiger charge is -2.15. The number of azo groups is 1. The van der Waals surface area contributed by atoms with Gasteiger partial charge in [0, 0.05) is 6.92 Å². The third-order valence-corrected chi connectivity index (χ3v) is 4.34. The minimum atomic E-state index is -0.231. The monoisotopic (exact) mass is 258 g/mol. The molecule has 1 aliphatic heterocycles. The van der Waals surface area contributed by atoms with Crippen molar-refractivity contribution >= 4 is 29.3 Å². The van der Waals surface area contributed by atoms with Crippen LogP contribution in [0.3, 0.4) is 0 Å². The van der Waals surface area contributed by atoms with Gasteiger partial charge in [-0.15, -0.1) is 28.6 Å². The number of nitrogens with zero attached hydrogens (tertiary/aromatic N) is 2. The molecule has 0 N–H and O–H groups in total. The Kier molecular flexibility index (Phi) is 5.05. The minimum Gasteiger partial charge on any atom is -0.293 e. The molecule has 0 saturated carbocycles. The molecule has 0 aromatic rings. The summed E-state index contributed by atoms with van der Waals surface area (Å²) in [6.45, 7) is 7.47. The van der Waals surface area contributed by atoms with Crippen LogP contribution in [0, 0.1) is 0 Å². The molecule has 0 spiro atoms. The summed E-state index contributed by atoms with van der Waals surface area (Å²) in [5.41, 5.74) is 0.301. The van der Waals surface area contributed by atoms with Crippen LogP contribution in [0.2, 0.25) is 0 Å². The Balaban J connectivity index is 2.90. The van der Waals surface area contributed by atoms with E-state index in [1.54, 1.807) is 30.4 Å². The van der Waals surface area contributed by atoms with Gasteiger partial charge in [0.2, 0.25) is 0 Å². The zero-order valence-electron chi connectivity index (χ0n) is 10.2. The zero-order valence-corrected chi connectivity index (χ0v) is 11.9. The molecular formula is C11H18N2OS2. The maximum absolute atomic E-state index is 11.5. The number of hydrogen-bond acceptors (Lipinski definition) is 5. The summed E-state index contributed by atoms with van der Waals surface area (Å²) in [6, 6.07) is 0. The SMILES string of the molecule is CC(=O)C(N=NC(C)(C)C)=C1SCCCS1. The van der Waals surface area contributed by atoms with E-state index in [1.165, 1.54) is 6.42 Å². The number of allylic oxidation sites excluding steroid dienone is 1. The van der Waals surface area contributed by atoms with Crippen LogP contribution in [0.15, 0.2) is 20.2 Å². The van der Waals surface area contributed by atoms with E-state index >= 15 is 0 Å². The van der Waals surface area contributed by atoms with Crippen molar-refractivity contribution in [3.05, 3.63) is 9.93 Å². The summed E-state index contributed by atoms with van der Waals surface area (Å²) in [5.74, 6) is 2.15. The number of ketones is 1. The van der Waals surface area contributed by atoms with Crippen LogP contribution in [0.1, 0.15) is 34.1 Å². The predicted molar refractivity (Wildman–Crippen MR) is 71.8 cm³/mol. The standard InChI is InChI=1S/C11H18N2OS2/c1-8(14)9(12-13-11(2,3)4)10-15-6-5-7-16-10/h5-7H2,1-4H3. The van der Waals surface area contributed by atoms with Gasteiger partial charge in [0.25, 0.3) is 0 Å². The third kappa shape index (κ3) is 4.70. The van der Waals surface area contributed by atoms with Crippen molar-refractivity contribution in [1.29, 1.82) is 0 Å². The fourth-order valence-electron chi connectivity index (χ4n) is 1.02. The van der Waals surface area contributed by atoms with E-state index in [1.807, 2.05) is 20.8 Å². The van der Waals surface area contributed by atoms with Gasteiger partial charge in [-0.3, -0.25) is 4.79 Å². The van der Waals surface area contributed by atoms with E-state index in [9.17, 15) is 4.79 Å². The Morgan fingerprint density at radius 2 is 1.81 bits per heavy atom. The minimum absolute atomic E-state index is 0.00454. The molecule has 0 amide bonds. The van der Waals surface area contributed by atoms with Crippen molar-refractivity contribution in [3.63, 3.8) is 0 Å². The van der Waals surface area contributed by atoms with Gasteiger partial charge < -0.3 is 0 Å². The van der Waals surface area contributed by atoms with Gasteiger partial charge in [0.05, 0.1) is 9.78 Å². The Morgan fingerprint density at radius 3 is 2.25 bits per heavy atom. The van der Waals surface area contributed by atoms with Crippen molar-refractivity contribution in [2.45, 2.75) is 39.7 Å². The van der Waals surface area contributed by atoms with Gasteiger partial charge in [0.1, 0.15) is 5.70 Å². The number of Topliss-reactive ketones (excluding diaryl/α,β-unsaturated/α-hetero) is 1. The smallest absolute Gasteiger partial charge is 0.181 e. The molecule has 1 heterocycles. The maximum Gasteiger partial charge on any atom is 0.181 e. The number of carbonyl (C=O) groups is 1. The van der Waals surface area contributed by atoms with E-state index in [0.29, 0.717) is 5.70 Å². The summed E-state index contributed by atoms with van der Waals surface area (Å²) >= 11 is 3.44. The highest BCUT2D eigenvalue weighted by Gasteiger charge is 2.17. The van der Waals surface area contributed by atoms with Crippen LogP contribution in [0.5, 0.6) is 0 Å². The van der Waals surface area contributed by atoms with Gasteiger partial charge in [-0.25, -0.2) is 0 Å². The Bertz CT molecular complexity index is 321. The summed E-state index contributed by atoms with van der Waals surface area (Å²) in [4.78, 5) is 11.5. The second-order valence-electron chi connectivity index (χ2n) is 4.61. The number of carbonyl (C=O) groups excluding carboxylic acids is 1. The summed E-state index contributed by atoms with van der Waals surface area (Å²) in [6.07, 6.45) is 1.19. The van der Waals surface area contributed by atoms with Crippen molar-refractivity contribution in [2.75, 3.05) is 11.5 Å². The number of hydrogen-bond donors (Lipinski definition) is 0. The van der Waals surface area contributed by atoms with Crippen LogP contribution >= 0.6 is 23.5 Å². The average molecular weight is 258 g/mol. The lowest BCUT2D eigenvalue weighted by atomic mass is 10.1.